The maximum atomic E-state index is 5.71. The molecule has 4 heteroatoms. The molecule has 1 heterocycles. The predicted octanol–water partition coefficient (Wildman–Crippen LogP) is 3.22. The molecule has 0 amide bonds. The standard InChI is InChI=1S/C17H29N3O/c1-11(2)18-10-12(3)15-13(4)19-16(20-14(15)5)17(21-6)8-7-9-17/h11-12,18H,7-10H2,1-6H3. The van der Waals surface area contributed by atoms with Crippen molar-refractivity contribution >= 4 is 0 Å². The Hall–Kier alpha value is -1.00. The van der Waals surface area contributed by atoms with Gasteiger partial charge in [-0.2, -0.15) is 0 Å². The Labute approximate surface area is 128 Å². The molecule has 0 saturated heterocycles. The third kappa shape index (κ3) is 3.27. The molecule has 1 atom stereocenters. The van der Waals surface area contributed by atoms with Gasteiger partial charge in [0.2, 0.25) is 0 Å². The molecule has 2 rings (SSSR count). The van der Waals surface area contributed by atoms with Crippen LogP contribution in [-0.2, 0) is 10.3 Å². The number of aromatic nitrogens is 2. The Morgan fingerprint density at radius 3 is 2.10 bits per heavy atom. The number of hydrogen-bond donors (Lipinski definition) is 1. The molecule has 0 aromatic carbocycles. The van der Waals surface area contributed by atoms with Crippen LogP contribution in [0.1, 0.15) is 68.7 Å². The van der Waals surface area contributed by atoms with Crippen molar-refractivity contribution in [1.82, 2.24) is 15.3 Å². The molecule has 0 spiro atoms. The van der Waals surface area contributed by atoms with E-state index in [0.717, 1.165) is 36.6 Å². The summed E-state index contributed by atoms with van der Waals surface area (Å²) in [7, 11) is 1.77. The summed E-state index contributed by atoms with van der Waals surface area (Å²) in [6.45, 7) is 11.7. The number of nitrogens with zero attached hydrogens (tertiary/aromatic N) is 2. The Morgan fingerprint density at radius 1 is 1.14 bits per heavy atom. The lowest BCUT2D eigenvalue weighted by Crippen LogP contribution is -2.38. The molecule has 1 aromatic heterocycles. The average molecular weight is 291 g/mol. The summed E-state index contributed by atoms with van der Waals surface area (Å²) in [6, 6.07) is 0.500. The fraction of sp³-hybridized carbons (Fsp3) is 0.765. The van der Waals surface area contributed by atoms with Gasteiger partial charge in [-0.1, -0.05) is 20.8 Å². The van der Waals surface area contributed by atoms with E-state index in [1.807, 2.05) is 0 Å². The van der Waals surface area contributed by atoms with Crippen molar-refractivity contribution in [1.29, 1.82) is 0 Å². The highest BCUT2D eigenvalue weighted by Gasteiger charge is 2.42. The molecule has 0 radical (unpaired) electrons. The van der Waals surface area contributed by atoms with Gasteiger partial charge in [-0.15, -0.1) is 0 Å². The van der Waals surface area contributed by atoms with Gasteiger partial charge in [0.05, 0.1) is 0 Å². The van der Waals surface area contributed by atoms with Gasteiger partial charge >= 0.3 is 0 Å². The number of ether oxygens (including phenoxy) is 1. The van der Waals surface area contributed by atoms with Crippen LogP contribution in [0.15, 0.2) is 0 Å². The van der Waals surface area contributed by atoms with Crippen LogP contribution in [0.3, 0.4) is 0 Å². The second-order valence-corrected chi connectivity index (χ2v) is 6.65. The molecule has 1 aliphatic rings. The number of nitrogens with one attached hydrogen (secondary N) is 1. The molecular formula is C17H29N3O. The van der Waals surface area contributed by atoms with E-state index < -0.39 is 0 Å². The lowest BCUT2D eigenvalue weighted by Gasteiger charge is -2.39. The third-order valence-corrected chi connectivity index (χ3v) is 4.61. The maximum Gasteiger partial charge on any atom is 0.160 e. The molecule has 1 aliphatic carbocycles. The molecule has 0 bridgehead atoms. The van der Waals surface area contributed by atoms with Gasteiger partial charge in [0.25, 0.3) is 0 Å². The van der Waals surface area contributed by atoms with Crippen LogP contribution in [0.25, 0.3) is 0 Å². The highest BCUT2D eigenvalue weighted by atomic mass is 16.5. The first kappa shape index (κ1) is 16.4. The van der Waals surface area contributed by atoms with E-state index >= 15 is 0 Å². The molecule has 1 aromatic rings. The number of hydrogen-bond acceptors (Lipinski definition) is 4. The number of aryl methyl sites for hydroxylation is 2. The zero-order valence-electron chi connectivity index (χ0n) is 14.3. The zero-order chi connectivity index (χ0) is 15.6. The van der Waals surface area contributed by atoms with Crippen LogP contribution < -0.4 is 5.32 Å². The highest BCUT2D eigenvalue weighted by Crippen LogP contribution is 2.43. The third-order valence-electron chi connectivity index (χ3n) is 4.61. The lowest BCUT2D eigenvalue weighted by molar-refractivity contribution is -0.0849. The summed E-state index contributed by atoms with van der Waals surface area (Å²) in [6.07, 6.45) is 3.27. The normalized spacial score (nSPS) is 18.6. The largest absolute Gasteiger partial charge is 0.370 e. The van der Waals surface area contributed by atoms with Gasteiger partial charge in [-0.3, -0.25) is 0 Å². The van der Waals surface area contributed by atoms with E-state index in [-0.39, 0.29) is 5.60 Å². The highest BCUT2D eigenvalue weighted by molar-refractivity contribution is 5.30. The predicted molar refractivity (Wildman–Crippen MR) is 85.6 cm³/mol. The van der Waals surface area contributed by atoms with Crippen molar-refractivity contribution in [2.24, 2.45) is 0 Å². The van der Waals surface area contributed by atoms with E-state index in [0.29, 0.717) is 12.0 Å². The fourth-order valence-corrected chi connectivity index (χ4v) is 3.17. The molecule has 1 unspecified atom stereocenters. The zero-order valence-corrected chi connectivity index (χ0v) is 14.3. The first-order valence-electron chi connectivity index (χ1n) is 8.04. The second-order valence-electron chi connectivity index (χ2n) is 6.65. The average Bonchev–Trinajstić information content (AvgIpc) is 2.35. The Balaban J connectivity index is 2.25. The monoisotopic (exact) mass is 291 g/mol. The molecule has 0 aliphatic heterocycles. The number of methoxy groups -OCH3 is 1. The van der Waals surface area contributed by atoms with Crippen molar-refractivity contribution in [2.45, 2.75) is 71.4 Å². The fourth-order valence-electron chi connectivity index (χ4n) is 3.17. The quantitative estimate of drug-likeness (QED) is 0.874. The van der Waals surface area contributed by atoms with Crippen molar-refractivity contribution in [2.75, 3.05) is 13.7 Å². The van der Waals surface area contributed by atoms with E-state index in [2.05, 4.69) is 39.9 Å². The van der Waals surface area contributed by atoms with E-state index in [1.165, 1.54) is 12.0 Å². The SMILES string of the molecule is COC1(c2nc(C)c(C(C)CNC(C)C)c(C)n2)CCC1. The van der Waals surface area contributed by atoms with Gasteiger partial charge in [0, 0.05) is 31.1 Å². The van der Waals surface area contributed by atoms with E-state index in [4.69, 9.17) is 14.7 Å². The topological polar surface area (TPSA) is 47.0 Å². The van der Waals surface area contributed by atoms with Gasteiger partial charge in [0.1, 0.15) is 5.60 Å². The maximum absolute atomic E-state index is 5.71. The van der Waals surface area contributed by atoms with Crippen LogP contribution in [0.4, 0.5) is 0 Å². The summed E-state index contributed by atoms with van der Waals surface area (Å²) >= 11 is 0. The first-order chi connectivity index (χ1) is 9.89. The van der Waals surface area contributed by atoms with E-state index in [1.54, 1.807) is 7.11 Å². The van der Waals surface area contributed by atoms with Crippen LogP contribution in [0.2, 0.25) is 0 Å². The van der Waals surface area contributed by atoms with Crippen LogP contribution in [0, 0.1) is 13.8 Å². The van der Waals surface area contributed by atoms with Crippen LogP contribution >= 0.6 is 0 Å². The molecule has 1 N–H and O–H groups in total. The van der Waals surface area contributed by atoms with Crippen molar-refractivity contribution in [3.8, 4) is 0 Å². The Bertz CT molecular complexity index is 466. The summed E-state index contributed by atoms with van der Waals surface area (Å²) in [5.74, 6) is 1.29. The molecule has 1 saturated carbocycles. The smallest absolute Gasteiger partial charge is 0.160 e. The van der Waals surface area contributed by atoms with Gasteiger partial charge in [-0.25, -0.2) is 9.97 Å². The Kier molecular flexibility index (Phi) is 4.99. The van der Waals surface area contributed by atoms with Gasteiger partial charge in [0.15, 0.2) is 5.82 Å². The summed E-state index contributed by atoms with van der Waals surface area (Å²) in [5, 5.41) is 3.50. The summed E-state index contributed by atoms with van der Waals surface area (Å²) in [5.41, 5.74) is 3.24. The van der Waals surface area contributed by atoms with Crippen molar-refractivity contribution in [3.63, 3.8) is 0 Å². The molecular weight excluding hydrogens is 262 g/mol. The van der Waals surface area contributed by atoms with Gasteiger partial charge in [-0.05, 0) is 44.6 Å². The minimum Gasteiger partial charge on any atom is -0.370 e. The van der Waals surface area contributed by atoms with Crippen molar-refractivity contribution in [3.05, 3.63) is 22.8 Å². The van der Waals surface area contributed by atoms with Crippen LogP contribution in [-0.4, -0.2) is 29.7 Å². The molecule has 21 heavy (non-hydrogen) atoms. The van der Waals surface area contributed by atoms with Crippen molar-refractivity contribution < 1.29 is 4.74 Å². The minimum absolute atomic E-state index is 0.229. The Morgan fingerprint density at radius 2 is 1.71 bits per heavy atom. The molecule has 118 valence electrons. The van der Waals surface area contributed by atoms with Gasteiger partial charge < -0.3 is 10.1 Å². The summed E-state index contributed by atoms with van der Waals surface area (Å²) in [4.78, 5) is 9.57. The first-order valence-corrected chi connectivity index (χ1v) is 8.04. The lowest BCUT2D eigenvalue weighted by atomic mass is 9.79. The number of rotatable bonds is 6. The second kappa shape index (κ2) is 6.41. The summed E-state index contributed by atoms with van der Waals surface area (Å²) < 4.78 is 5.71. The molecule has 4 nitrogen and oxygen atoms in total. The minimum atomic E-state index is -0.229. The molecule has 1 fully saturated rings. The van der Waals surface area contributed by atoms with E-state index in [9.17, 15) is 0 Å². The van der Waals surface area contributed by atoms with Crippen LogP contribution in [0.5, 0.6) is 0 Å².